The standard InChI is InChI=1S/C17H18N4/c1-12-5-3-4-6-13(12)10-21(2)17-15-9-14(18)7-8-16(15)19-11-20-17/h3-9,11H,10,18H2,1-2H3. The number of nitrogens with zero attached hydrogens (tertiary/aromatic N) is 3. The van der Waals surface area contributed by atoms with Gasteiger partial charge >= 0.3 is 0 Å². The Morgan fingerprint density at radius 1 is 1.10 bits per heavy atom. The van der Waals surface area contributed by atoms with Crippen molar-refractivity contribution in [1.82, 2.24) is 9.97 Å². The van der Waals surface area contributed by atoms with Crippen molar-refractivity contribution in [2.24, 2.45) is 0 Å². The Kier molecular flexibility index (Phi) is 3.44. The molecule has 21 heavy (non-hydrogen) atoms. The van der Waals surface area contributed by atoms with Crippen LogP contribution in [-0.4, -0.2) is 17.0 Å². The van der Waals surface area contributed by atoms with Gasteiger partial charge in [0.15, 0.2) is 0 Å². The predicted molar refractivity (Wildman–Crippen MR) is 87.2 cm³/mol. The zero-order valence-corrected chi connectivity index (χ0v) is 12.2. The van der Waals surface area contributed by atoms with Crippen LogP contribution in [0.25, 0.3) is 10.9 Å². The highest BCUT2D eigenvalue weighted by molar-refractivity contribution is 5.91. The van der Waals surface area contributed by atoms with Crippen LogP contribution in [0.15, 0.2) is 48.8 Å². The van der Waals surface area contributed by atoms with Gasteiger partial charge < -0.3 is 10.6 Å². The molecule has 0 saturated carbocycles. The minimum Gasteiger partial charge on any atom is -0.399 e. The monoisotopic (exact) mass is 278 g/mol. The van der Waals surface area contributed by atoms with Gasteiger partial charge in [-0.3, -0.25) is 0 Å². The fourth-order valence-electron chi connectivity index (χ4n) is 2.48. The first kappa shape index (κ1) is 13.4. The highest BCUT2D eigenvalue weighted by atomic mass is 15.2. The van der Waals surface area contributed by atoms with Crippen LogP contribution in [-0.2, 0) is 6.54 Å². The number of rotatable bonds is 3. The lowest BCUT2D eigenvalue weighted by Crippen LogP contribution is -2.18. The van der Waals surface area contributed by atoms with Crippen molar-refractivity contribution in [3.8, 4) is 0 Å². The number of aryl methyl sites for hydroxylation is 1. The lowest BCUT2D eigenvalue weighted by Gasteiger charge is -2.20. The Morgan fingerprint density at radius 3 is 2.71 bits per heavy atom. The average molecular weight is 278 g/mol. The molecule has 1 aromatic heterocycles. The number of nitrogens with two attached hydrogens (primary N) is 1. The molecule has 0 aliphatic carbocycles. The number of hydrogen-bond donors (Lipinski definition) is 1. The van der Waals surface area contributed by atoms with Gasteiger partial charge in [0.1, 0.15) is 12.1 Å². The van der Waals surface area contributed by atoms with Gasteiger partial charge in [-0.05, 0) is 36.2 Å². The lowest BCUT2D eigenvalue weighted by molar-refractivity contribution is 0.893. The molecule has 106 valence electrons. The molecule has 0 spiro atoms. The number of anilines is 2. The third-order valence-electron chi connectivity index (χ3n) is 3.67. The number of nitrogen functional groups attached to an aromatic ring is 1. The summed E-state index contributed by atoms with van der Waals surface area (Å²) >= 11 is 0. The van der Waals surface area contributed by atoms with Crippen LogP contribution in [0.4, 0.5) is 11.5 Å². The normalized spacial score (nSPS) is 10.8. The molecule has 4 nitrogen and oxygen atoms in total. The fraction of sp³-hybridized carbons (Fsp3) is 0.176. The first-order valence-corrected chi connectivity index (χ1v) is 6.91. The summed E-state index contributed by atoms with van der Waals surface area (Å²) in [5.74, 6) is 0.899. The van der Waals surface area contributed by atoms with Crippen LogP contribution < -0.4 is 10.6 Å². The van der Waals surface area contributed by atoms with E-state index >= 15 is 0 Å². The second kappa shape index (κ2) is 5.40. The van der Waals surface area contributed by atoms with Crippen molar-refractivity contribution >= 4 is 22.4 Å². The molecule has 4 heteroatoms. The second-order valence-electron chi connectivity index (χ2n) is 5.26. The molecule has 1 heterocycles. The van der Waals surface area contributed by atoms with E-state index in [2.05, 4.69) is 46.1 Å². The van der Waals surface area contributed by atoms with Crippen LogP contribution in [0.5, 0.6) is 0 Å². The number of fused-ring (bicyclic) bond motifs is 1. The van der Waals surface area contributed by atoms with Gasteiger partial charge in [-0.2, -0.15) is 0 Å². The molecule has 0 atom stereocenters. The summed E-state index contributed by atoms with van der Waals surface area (Å²) in [6, 6.07) is 14.1. The molecule has 2 aromatic carbocycles. The molecule has 0 saturated heterocycles. The highest BCUT2D eigenvalue weighted by Crippen LogP contribution is 2.25. The minimum atomic E-state index is 0.725. The molecular formula is C17H18N4. The molecule has 0 aliphatic heterocycles. The highest BCUT2D eigenvalue weighted by Gasteiger charge is 2.10. The maximum Gasteiger partial charge on any atom is 0.139 e. The van der Waals surface area contributed by atoms with Crippen LogP contribution in [0.2, 0.25) is 0 Å². The maximum atomic E-state index is 5.90. The molecule has 0 bridgehead atoms. The van der Waals surface area contributed by atoms with E-state index in [4.69, 9.17) is 5.73 Å². The van der Waals surface area contributed by atoms with Gasteiger partial charge in [0.2, 0.25) is 0 Å². The molecule has 0 radical (unpaired) electrons. The third kappa shape index (κ3) is 2.65. The molecule has 3 aromatic rings. The molecule has 0 aliphatic rings. The molecule has 0 fully saturated rings. The topological polar surface area (TPSA) is 55.0 Å². The fourth-order valence-corrected chi connectivity index (χ4v) is 2.48. The molecular weight excluding hydrogens is 260 g/mol. The quantitative estimate of drug-likeness (QED) is 0.748. The van der Waals surface area contributed by atoms with Gasteiger partial charge in [-0.15, -0.1) is 0 Å². The van der Waals surface area contributed by atoms with E-state index in [0.717, 1.165) is 29.0 Å². The molecule has 0 amide bonds. The molecule has 0 unspecified atom stereocenters. The summed E-state index contributed by atoms with van der Waals surface area (Å²) in [4.78, 5) is 10.9. The van der Waals surface area contributed by atoms with Gasteiger partial charge in [0.05, 0.1) is 5.52 Å². The Labute approximate surface area is 124 Å². The van der Waals surface area contributed by atoms with E-state index in [0.29, 0.717) is 0 Å². The number of aromatic nitrogens is 2. The molecule has 3 rings (SSSR count). The number of benzene rings is 2. The van der Waals surface area contributed by atoms with E-state index < -0.39 is 0 Å². The van der Waals surface area contributed by atoms with E-state index in [1.54, 1.807) is 6.33 Å². The van der Waals surface area contributed by atoms with Crippen molar-refractivity contribution < 1.29 is 0 Å². The Bertz CT molecular complexity index is 783. The first-order chi connectivity index (χ1) is 10.1. The van der Waals surface area contributed by atoms with Crippen LogP contribution in [0, 0.1) is 6.92 Å². The maximum absolute atomic E-state index is 5.90. The van der Waals surface area contributed by atoms with Crippen LogP contribution in [0.1, 0.15) is 11.1 Å². The summed E-state index contributed by atoms with van der Waals surface area (Å²) in [5.41, 5.74) is 10.1. The number of hydrogen-bond acceptors (Lipinski definition) is 4. The summed E-state index contributed by atoms with van der Waals surface area (Å²) < 4.78 is 0. The summed E-state index contributed by atoms with van der Waals surface area (Å²) in [6.45, 7) is 2.92. The largest absolute Gasteiger partial charge is 0.399 e. The van der Waals surface area contributed by atoms with Crippen molar-refractivity contribution in [3.05, 3.63) is 59.9 Å². The van der Waals surface area contributed by atoms with Crippen LogP contribution in [0.3, 0.4) is 0 Å². The Hall–Kier alpha value is -2.62. The average Bonchev–Trinajstić information content (AvgIpc) is 2.49. The second-order valence-corrected chi connectivity index (χ2v) is 5.26. The van der Waals surface area contributed by atoms with Crippen molar-refractivity contribution in [2.75, 3.05) is 17.7 Å². The van der Waals surface area contributed by atoms with E-state index in [1.807, 2.05) is 25.2 Å². The summed E-state index contributed by atoms with van der Waals surface area (Å²) in [6.07, 6.45) is 1.60. The smallest absolute Gasteiger partial charge is 0.139 e. The lowest BCUT2D eigenvalue weighted by atomic mass is 10.1. The zero-order chi connectivity index (χ0) is 14.8. The minimum absolute atomic E-state index is 0.725. The van der Waals surface area contributed by atoms with E-state index in [9.17, 15) is 0 Å². The summed E-state index contributed by atoms with van der Waals surface area (Å²) in [5, 5.41) is 0.980. The van der Waals surface area contributed by atoms with Gasteiger partial charge in [0, 0.05) is 24.7 Å². The van der Waals surface area contributed by atoms with Gasteiger partial charge in [-0.25, -0.2) is 9.97 Å². The Balaban J connectivity index is 2.00. The van der Waals surface area contributed by atoms with Crippen molar-refractivity contribution in [1.29, 1.82) is 0 Å². The van der Waals surface area contributed by atoms with E-state index in [1.165, 1.54) is 11.1 Å². The van der Waals surface area contributed by atoms with Crippen LogP contribution >= 0.6 is 0 Å². The molecule has 2 N–H and O–H groups in total. The summed E-state index contributed by atoms with van der Waals surface area (Å²) in [7, 11) is 2.04. The van der Waals surface area contributed by atoms with Crippen molar-refractivity contribution in [2.45, 2.75) is 13.5 Å². The SMILES string of the molecule is Cc1ccccc1CN(C)c1ncnc2ccc(N)cc12. The van der Waals surface area contributed by atoms with Gasteiger partial charge in [-0.1, -0.05) is 24.3 Å². The zero-order valence-electron chi connectivity index (χ0n) is 12.2. The van der Waals surface area contributed by atoms with Gasteiger partial charge in [0.25, 0.3) is 0 Å². The Morgan fingerprint density at radius 2 is 1.90 bits per heavy atom. The third-order valence-corrected chi connectivity index (χ3v) is 3.67. The van der Waals surface area contributed by atoms with Crippen molar-refractivity contribution in [3.63, 3.8) is 0 Å². The first-order valence-electron chi connectivity index (χ1n) is 6.91. The predicted octanol–water partition coefficient (Wildman–Crippen LogP) is 3.16. The van der Waals surface area contributed by atoms with E-state index in [-0.39, 0.29) is 0 Å².